The van der Waals surface area contributed by atoms with Gasteiger partial charge in [-0.3, -0.25) is 4.79 Å². The summed E-state index contributed by atoms with van der Waals surface area (Å²) in [6.45, 7) is 3.58. The largest absolute Gasteiger partial charge is 0.467 e. The molecule has 0 aliphatic heterocycles. The second-order valence-corrected chi connectivity index (χ2v) is 6.83. The highest BCUT2D eigenvalue weighted by Gasteiger charge is 2.22. The third-order valence-corrected chi connectivity index (χ3v) is 4.60. The zero-order valence-corrected chi connectivity index (χ0v) is 16.5. The number of para-hydroxylation sites is 1. The van der Waals surface area contributed by atoms with Crippen molar-refractivity contribution in [1.82, 2.24) is 10.3 Å². The minimum absolute atomic E-state index is 0.216. The molecule has 1 atom stereocenters. The van der Waals surface area contributed by atoms with Crippen LogP contribution < -0.4 is 5.32 Å². The first-order valence-electron chi connectivity index (χ1n) is 9.49. The second kappa shape index (κ2) is 8.24. The smallest absolute Gasteiger partial charge is 0.339 e. The number of aryl methyl sites for hydroxylation is 1. The molecule has 0 aliphatic carbocycles. The van der Waals surface area contributed by atoms with Crippen molar-refractivity contribution in [3.63, 3.8) is 0 Å². The predicted molar refractivity (Wildman–Crippen MR) is 110 cm³/mol. The number of carbonyl (C=O) groups is 2. The first kappa shape index (κ1) is 19.4. The van der Waals surface area contributed by atoms with Crippen molar-refractivity contribution in [1.29, 1.82) is 0 Å². The molecule has 4 rings (SSSR count). The number of ether oxygens (including phenoxy) is 1. The molecule has 7 heteroatoms. The first-order chi connectivity index (χ1) is 14.5. The van der Waals surface area contributed by atoms with E-state index in [4.69, 9.17) is 13.6 Å². The number of amides is 1. The van der Waals surface area contributed by atoms with Gasteiger partial charge in [-0.25, -0.2) is 9.78 Å². The van der Waals surface area contributed by atoms with Crippen LogP contribution in [0.4, 0.5) is 0 Å². The van der Waals surface area contributed by atoms with Crippen LogP contribution in [0.1, 0.15) is 28.8 Å². The molecule has 4 aromatic rings. The van der Waals surface area contributed by atoms with Crippen LogP contribution in [0.5, 0.6) is 0 Å². The Labute approximate surface area is 172 Å². The van der Waals surface area contributed by atoms with Gasteiger partial charge in [0.15, 0.2) is 11.9 Å². The van der Waals surface area contributed by atoms with Crippen molar-refractivity contribution in [2.45, 2.75) is 26.5 Å². The lowest BCUT2D eigenvalue weighted by Gasteiger charge is -2.14. The number of hydrogen-bond acceptors (Lipinski definition) is 6. The fourth-order valence-corrected chi connectivity index (χ4v) is 3.05. The van der Waals surface area contributed by atoms with Crippen LogP contribution in [0.15, 0.2) is 69.7 Å². The standard InChI is InChI=1S/C23H20N2O5/c1-14-9-10-21(29-14)20-12-18(17-7-3-4-8-19(17)25-20)23(27)30-15(2)22(26)24-13-16-6-5-11-28-16/h3-12,15H,13H2,1-2H3,(H,24,26)/t15-/m1/s1. The van der Waals surface area contributed by atoms with E-state index in [0.29, 0.717) is 33.7 Å². The van der Waals surface area contributed by atoms with Gasteiger partial charge in [0, 0.05) is 5.39 Å². The zero-order chi connectivity index (χ0) is 21.1. The number of aromatic nitrogens is 1. The first-order valence-corrected chi connectivity index (χ1v) is 9.49. The van der Waals surface area contributed by atoms with Gasteiger partial charge in [-0.15, -0.1) is 0 Å². The van der Waals surface area contributed by atoms with Crippen LogP contribution in [0.3, 0.4) is 0 Å². The second-order valence-electron chi connectivity index (χ2n) is 6.83. The summed E-state index contributed by atoms with van der Waals surface area (Å²) >= 11 is 0. The number of esters is 1. The summed E-state index contributed by atoms with van der Waals surface area (Å²) in [6, 6.07) is 16.0. The molecule has 0 saturated carbocycles. The van der Waals surface area contributed by atoms with Crippen molar-refractivity contribution in [3.05, 3.63) is 77.9 Å². The van der Waals surface area contributed by atoms with Crippen molar-refractivity contribution >= 4 is 22.8 Å². The Kier molecular flexibility index (Phi) is 5.34. The van der Waals surface area contributed by atoms with Gasteiger partial charge in [0.1, 0.15) is 17.2 Å². The molecule has 0 fully saturated rings. The summed E-state index contributed by atoms with van der Waals surface area (Å²) < 4.78 is 16.3. The molecular formula is C23H20N2O5. The van der Waals surface area contributed by atoms with Crippen LogP contribution in [0.2, 0.25) is 0 Å². The van der Waals surface area contributed by atoms with E-state index in [1.165, 1.54) is 13.2 Å². The molecule has 3 heterocycles. The average Bonchev–Trinajstić information content (AvgIpc) is 3.42. The number of pyridine rings is 1. The molecule has 3 aromatic heterocycles. The van der Waals surface area contributed by atoms with E-state index in [-0.39, 0.29) is 6.54 Å². The van der Waals surface area contributed by atoms with Crippen molar-refractivity contribution < 1.29 is 23.2 Å². The van der Waals surface area contributed by atoms with Gasteiger partial charge < -0.3 is 18.9 Å². The van der Waals surface area contributed by atoms with Crippen LogP contribution in [-0.2, 0) is 16.1 Å². The van der Waals surface area contributed by atoms with Crippen molar-refractivity contribution in [3.8, 4) is 11.5 Å². The monoisotopic (exact) mass is 404 g/mol. The number of rotatable bonds is 6. The molecule has 0 unspecified atom stereocenters. The fraction of sp³-hybridized carbons (Fsp3) is 0.174. The Bertz CT molecular complexity index is 1190. The lowest BCUT2D eigenvalue weighted by molar-refractivity contribution is -0.129. The van der Waals surface area contributed by atoms with Crippen molar-refractivity contribution in [2.75, 3.05) is 0 Å². The van der Waals surface area contributed by atoms with Crippen LogP contribution in [0.25, 0.3) is 22.4 Å². The Morgan fingerprint density at radius 3 is 2.70 bits per heavy atom. The Balaban J connectivity index is 1.56. The highest BCUT2D eigenvalue weighted by molar-refractivity contribution is 6.05. The SMILES string of the molecule is Cc1ccc(-c2cc(C(=O)O[C@H](C)C(=O)NCc3ccco3)c3ccccc3n2)o1. The van der Waals surface area contributed by atoms with E-state index >= 15 is 0 Å². The van der Waals surface area contributed by atoms with Gasteiger partial charge in [-0.2, -0.15) is 0 Å². The summed E-state index contributed by atoms with van der Waals surface area (Å²) in [6.07, 6.45) is 0.547. The number of furan rings is 2. The summed E-state index contributed by atoms with van der Waals surface area (Å²) in [4.78, 5) is 29.8. The summed E-state index contributed by atoms with van der Waals surface area (Å²) in [5.41, 5.74) is 1.46. The van der Waals surface area contributed by atoms with E-state index in [9.17, 15) is 9.59 Å². The highest BCUT2D eigenvalue weighted by atomic mass is 16.5. The summed E-state index contributed by atoms with van der Waals surface area (Å²) in [7, 11) is 0. The number of carbonyl (C=O) groups excluding carboxylic acids is 2. The van der Waals surface area contributed by atoms with Gasteiger partial charge >= 0.3 is 5.97 Å². The van der Waals surface area contributed by atoms with Gasteiger partial charge in [-0.1, -0.05) is 18.2 Å². The summed E-state index contributed by atoms with van der Waals surface area (Å²) in [5, 5.41) is 3.32. The highest BCUT2D eigenvalue weighted by Crippen LogP contribution is 2.27. The minimum atomic E-state index is -0.978. The van der Waals surface area contributed by atoms with Gasteiger partial charge in [-0.05, 0) is 50.2 Å². The molecule has 0 saturated heterocycles. The van der Waals surface area contributed by atoms with E-state index < -0.39 is 18.0 Å². The van der Waals surface area contributed by atoms with Crippen LogP contribution in [-0.4, -0.2) is 23.0 Å². The maximum Gasteiger partial charge on any atom is 0.339 e. The van der Waals surface area contributed by atoms with Crippen molar-refractivity contribution in [2.24, 2.45) is 0 Å². The molecule has 7 nitrogen and oxygen atoms in total. The Morgan fingerprint density at radius 1 is 1.13 bits per heavy atom. The molecule has 0 radical (unpaired) electrons. The predicted octanol–water partition coefficient (Wildman–Crippen LogP) is 4.26. The lowest BCUT2D eigenvalue weighted by Crippen LogP contribution is -2.35. The number of nitrogens with one attached hydrogen (secondary N) is 1. The normalized spacial score (nSPS) is 11.9. The Morgan fingerprint density at radius 2 is 1.97 bits per heavy atom. The molecular weight excluding hydrogens is 384 g/mol. The molecule has 1 aromatic carbocycles. The number of nitrogens with zero attached hydrogens (tertiary/aromatic N) is 1. The van der Waals surface area contributed by atoms with E-state index in [1.807, 2.05) is 31.2 Å². The topological polar surface area (TPSA) is 94.6 Å². The molecule has 0 bridgehead atoms. The third kappa shape index (κ3) is 4.10. The fourth-order valence-electron chi connectivity index (χ4n) is 3.05. The Hall–Kier alpha value is -3.87. The molecule has 1 N–H and O–H groups in total. The zero-order valence-electron chi connectivity index (χ0n) is 16.5. The minimum Gasteiger partial charge on any atom is -0.467 e. The van der Waals surface area contributed by atoms with Crippen LogP contribution in [0, 0.1) is 6.92 Å². The molecule has 0 spiro atoms. The molecule has 1 amide bonds. The average molecular weight is 404 g/mol. The maximum atomic E-state index is 12.9. The van der Waals surface area contributed by atoms with Crippen LogP contribution >= 0.6 is 0 Å². The summed E-state index contributed by atoms with van der Waals surface area (Å²) in [5.74, 6) is 0.877. The van der Waals surface area contributed by atoms with E-state index in [0.717, 1.165) is 5.76 Å². The van der Waals surface area contributed by atoms with Gasteiger partial charge in [0.25, 0.3) is 5.91 Å². The quantitative estimate of drug-likeness (QED) is 0.483. The lowest BCUT2D eigenvalue weighted by atomic mass is 10.1. The molecule has 30 heavy (non-hydrogen) atoms. The third-order valence-electron chi connectivity index (χ3n) is 4.60. The maximum absolute atomic E-state index is 12.9. The van der Waals surface area contributed by atoms with E-state index in [2.05, 4.69) is 10.3 Å². The number of fused-ring (bicyclic) bond motifs is 1. The number of hydrogen-bond donors (Lipinski definition) is 1. The van der Waals surface area contributed by atoms with Gasteiger partial charge in [0.05, 0.1) is 23.9 Å². The van der Waals surface area contributed by atoms with E-state index in [1.54, 1.807) is 30.3 Å². The molecule has 152 valence electrons. The molecule has 0 aliphatic rings. The number of benzene rings is 1. The van der Waals surface area contributed by atoms with Gasteiger partial charge in [0.2, 0.25) is 0 Å².